The molecule has 2 rings (SSSR count). The summed E-state index contributed by atoms with van der Waals surface area (Å²) in [7, 11) is 1.48. The molecule has 0 aromatic heterocycles. The van der Waals surface area contributed by atoms with E-state index in [1.807, 2.05) is 24.3 Å². The summed E-state index contributed by atoms with van der Waals surface area (Å²) in [6, 6.07) is 6.88. The van der Waals surface area contributed by atoms with Gasteiger partial charge < -0.3 is 20.7 Å². The van der Waals surface area contributed by atoms with Crippen molar-refractivity contribution in [3.63, 3.8) is 0 Å². The van der Waals surface area contributed by atoms with E-state index in [0.29, 0.717) is 6.42 Å². The van der Waals surface area contributed by atoms with Crippen molar-refractivity contribution in [3.05, 3.63) is 29.8 Å². The highest BCUT2D eigenvalue weighted by Crippen LogP contribution is 2.26. The average molecular weight is 263 g/mol. The topological polar surface area (TPSA) is 84.7 Å². The van der Waals surface area contributed by atoms with Crippen molar-refractivity contribution in [1.29, 1.82) is 0 Å². The van der Waals surface area contributed by atoms with E-state index in [2.05, 4.69) is 5.32 Å². The summed E-state index contributed by atoms with van der Waals surface area (Å²) in [5.41, 5.74) is 7.54. The predicted molar refractivity (Wildman–Crippen MR) is 70.5 cm³/mol. The summed E-state index contributed by atoms with van der Waals surface area (Å²) in [5, 5.41) is 2.55. The number of carbonyl (C=O) groups is 2. The Morgan fingerprint density at radius 1 is 1.53 bits per heavy atom. The van der Waals surface area contributed by atoms with E-state index >= 15 is 0 Å². The Morgan fingerprint density at radius 3 is 3.00 bits per heavy atom. The number of ether oxygens (including phenoxy) is 1. The molecule has 19 heavy (non-hydrogen) atoms. The molecule has 3 N–H and O–H groups in total. The third-order valence-electron chi connectivity index (χ3n) is 3.02. The smallest absolute Gasteiger partial charge is 0.244 e. The highest BCUT2D eigenvalue weighted by atomic mass is 16.5. The van der Waals surface area contributed by atoms with Gasteiger partial charge in [-0.15, -0.1) is 0 Å². The Morgan fingerprint density at radius 2 is 2.26 bits per heavy atom. The number of carbonyl (C=O) groups excluding carboxylic acids is 2. The lowest BCUT2D eigenvalue weighted by molar-refractivity contribution is -0.125. The Kier molecular flexibility index (Phi) is 4.13. The van der Waals surface area contributed by atoms with E-state index in [0.717, 1.165) is 11.3 Å². The highest BCUT2D eigenvalue weighted by molar-refractivity contribution is 6.03. The lowest BCUT2D eigenvalue weighted by Crippen LogP contribution is -2.52. The van der Waals surface area contributed by atoms with Gasteiger partial charge in [0.15, 0.2) is 0 Å². The second-order valence-corrected chi connectivity index (χ2v) is 4.40. The van der Waals surface area contributed by atoms with E-state index in [4.69, 9.17) is 10.5 Å². The van der Waals surface area contributed by atoms with Gasteiger partial charge in [-0.2, -0.15) is 0 Å². The van der Waals surface area contributed by atoms with Crippen molar-refractivity contribution in [1.82, 2.24) is 5.32 Å². The van der Waals surface area contributed by atoms with E-state index in [1.165, 1.54) is 12.0 Å². The first-order valence-electron chi connectivity index (χ1n) is 6.04. The molecule has 1 aromatic rings. The van der Waals surface area contributed by atoms with Gasteiger partial charge in [0.1, 0.15) is 13.3 Å². The van der Waals surface area contributed by atoms with Gasteiger partial charge in [-0.25, -0.2) is 0 Å². The molecule has 0 bridgehead atoms. The summed E-state index contributed by atoms with van der Waals surface area (Å²) in [6.45, 7) is 0.0709. The minimum absolute atomic E-state index is 0.0487. The maximum atomic E-state index is 12.1. The summed E-state index contributed by atoms with van der Waals surface area (Å²) in [5.74, 6) is -0.509. The van der Waals surface area contributed by atoms with E-state index in [1.54, 1.807) is 0 Å². The van der Waals surface area contributed by atoms with Gasteiger partial charge in [0, 0.05) is 12.8 Å². The normalized spacial score (nSPS) is 18.1. The molecule has 1 heterocycles. The first-order valence-corrected chi connectivity index (χ1v) is 6.04. The predicted octanol–water partition coefficient (Wildman–Crippen LogP) is -0.377. The fourth-order valence-corrected chi connectivity index (χ4v) is 2.11. The van der Waals surface area contributed by atoms with Crippen LogP contribution < -0.4 is 16.0 Å². The maximum absolute atomic E-state index is 12.1. The Bertz CT molecular complexity index is 490. The monoisotopic (exact) mass is 263 g/mol. The van der Waals surface area contributed by atoms with Crippen molar-refractivity contribution in [2.75, 3.05) is 25.3 Å². The number of amides is 2. The second-order valence-electron chi connectivity index (χ2n) is 4.40. The number of benzene rings is 1. The average Bonchev–Trinajstić information content (AvgIpc) is 2.41. The van der Waals surface area contributed by atoms with E-state index in [9.17, 15) is 9.59 Å². The minimum atomic E-state index is -0.592. The molecule has 1 aliphatic heterocycles. The van der Waals surface area contributed by atoms with Crippen LogP contribution >= 0.6 is 0 Å². The molecule has 6 nitrogen and oxygen atoms in total. The van der Waals surface area contributed by atoms with Crippen LogP contribution in [0.25, 0.3) is 0 Å². The number of nitrogens with two attached hydrogens (primary N) is 1. The summed E-state index contributed by atoms with van der Waals surface area (Å²) >= 11 is 0. The number of fused-ring (bicyclic) bond motifs is 1. The largest absolute Gasteiger partial charge is 0.364 e. The maximum Gasteiger partial charge on any atom is 0.244 e. The third kappa shape index (κ3) is 2.91. The second kappa shape index (κ2) is 5.81. The quantitative estimate of drug-likeness (QED) is 0.725. The van der Waals surface area contributed by atoms with Gasteiger partial charge in [0.2, 0.25) is 11.8 Å². The Labute approximate surface area is 111 Å². The van der Waals surface area contributed by atoms with Crippen LogP contribution in [0.15, 0.2) is 24.3 Å². The number of nitrogens with zero attached hydrogens (tertiary/aromatic N) is 1. The van der Waals surface area contributed by atoms with Crippen molar-refractivity contribution in [2.24, 2.45) is 5.73 Å². The lowest BCUT2D eigenvalue weighted by Gasteiger charge is -2.32. The van der Waals surface area contributed by atoms with Crippen LogP contribution in [0.2, 0.25) is 0 Å². The van der Waals surface area contributed by atoms with Crippen LogP contribution in [0.1, 0.15) is 5.56 Å². The number of rotatable bonds is 4. The van der Waals surface area contributed by atoms with Gasteiger partial charge in [0.25, 0.3) is 0 Å². The molecule has 102 valence electrons. The molecular weight excluding hydrogens is 246 g/mol. The molecule has 1 unspecified atom stereocenters. The van der Waals surface area contributed by atoms with Crippen molar-refractivity contribution in [3.8, 4) is 0 Å². The molecule has 2 amide bonds. The first kappa shape index (κ1) is 13.5. The van der Waals surface area contributed by atoms with Crippen LogP contribution in [-0.2, 0) is 20.7 Å². The Hall–Kier alpha value is -1.92. The minimum Gasteiger partial charge on any atom is -0.364 e. The Balaban J connectivity index is 2.18. The van der Waals surface area contributed by atoms with Crippen molar-refractivity contribution in [2.45, 2.75) is 12.5 Å². The fraction of sp³-hybridized carbons (Fsp3) is 0.385. The SMILES string of the molecule is COCNC(=O)CN1C(=O)C(N)Cc2ccccc21. The van der Waals surface area contributed by atoms with Gasteiger partial charge in [0.05, 0.1) is 6.04 Å². The van der Waals surface area contributed by atoms with E-state index in [-0.39, 0.29) is 25.1 Å². The molecule has 6 heteroatoms. The lowest BCUT2D eigenvalue weighted by atomic mass is 9.98. The number of methoxy groups -OCH3 is 1. The van der Waals surface area contributed by atoms with Gasteiger partial charge in [-0.05, 0) is 18.1 Å². The zero-order valence-electron chi connectivity index (χ0n) is 10.8. The summed E-state index contributed by atoms with van der Waals surface area (Å²) in [4.78, 5) is 25.2. The number of hydrogen-bond acceptors (Lipinski definition) is 4. The van der Waals surface area contributed by atoms with E-state index < -0.39 is 6.04 Å². The zero-order valence-corrected chi connectivity index (χ0v) is 10.8. The molecule has 0 aliphatic carbocycles. The van der Waals surface area contributed by atoms with Crippen LogP contribution in [0.5, 0.6) is 0 Å². The van der Waals surface area contributed by atoms with Gasteiger partial charge in [-0.1, -0.05) is 18.2 Å². The molecule has 0 saturated carbocycles. The highest BCUT2D eigenvalue weighted by Gasteiger charge is 2.31. The molecular formula is C13H17N3O3. The standard InChI is InChI=1S/C13H17N3O3/c1-19-8-15-12(17)7-16-11-5-3-2-4-9(11)6-10(14)13(16)18/h2-5,10H,6-8,14H2,1H3,(H,15,17). The number of hydrogen-bond donors (Lipinski definition) is 2. The van der Waals surface area contributed by atoms with Crippen molar-refractivity contribution < 1.29 is 14.3 Å². The summed E-state index contributed by atoms with van der Waals surface area (Å²) in [6.07, 6.45) is 0.505. The third-order valence-corrected chi connectivity index (χ3v) is 3.02. The summed E-state index contributed by atoms with van der Waals surface area (Å²) < 4.78 is 4.76. The molecule has 0 fully saturated rings. The molecule has 0 spiro atoms. The fourth-order valence-electron chi connectivity index (χ4n) is 2.11. The first-order chi connectivity index (χ1) is 9.13. The number of para-hydroxylation sites is 1. The van der Waals surface area contributed by atoms with Crippen LogP contribution in [0, 0.1) is 0 Å². The molecule has 1 aliphatic rings. The molecule has 1 atom stereocenters. The molecule has 1 aromatic carbocycles. The molecule has 0 saturated heterocycles. The van der Waals surface area contributed by atoms with Crippen LogP contribution in [0.3, 0.4) is 0 Å². The van der Waals surface area contributed by atoms with Crippen molar-refractivity contribution >= 4 is 17.5 Å². The van der Waals surface area contributed by atoms with Crippen LogP contribution in [0.4, 0.5) is 5.69 Å². The number of nitrogens with one attached hydrogen (secondary N) is 1. The zero-order chi connectivity index (χ0) is 13.8. The van der Waals surface area contributed by atoms with Crippen LogP contribution in [-0.4, -0.2) is 38.2 Å². The molecule has 0 radical (unpaired) electrons. The van der Waals surface area contributed by atoms with Gasteiger partial charge in [-0.3, -0.25) is 9.59 Å². The van der Waals surface area contributed by atoms with Gasteiger partial charge >= 0.3 is 0 Å². The number of anilines is 1.